The molecule has 0 aliphatic carbocycles. The van der Waals surface area contributed by atoms with E-state index in [1.54, 1.807) is 6.07 Å². The maximum atomic E-state index is 11.3. The molecule has 1 aromatic carbocycles. The van der Waals surface area contributed by atoms with Crippen molar-refractivity contribution in [3.05, 3.63) is 35.5 Å². The van der Waals surface area contributed by atoms with E-state index in [1.165, 1.54) is 7.11 Å². The Morgan fingerprint density at radius 1 is 1.38 bits per heavy atom. The molecule has 1 N–H and O–H groups in total. The molecule has 2 rings (SSSR count). The van der Waals surface area contributed by atoms with Crippen molar-refractivity contribution in [3.63, 3.8) is 0 Å². The third kappa shape index (κ3) is 2.24. The summed E-state index contributed by atoms with van der Waals surface area (Å²) in [5.41, 5.74) is 2.62. The molecule has 0 atom stereocenters. The summed E-state index contributed by atoms with van der Waals surface area (Å²) in [5.74, 6) is -0.301. The van der Waals surface area contributed by atoms with Crippen molar-refractivity contribution in [3.8, 4) is 0 Å². The predicted molar refractivity (Wildman–Crippen MR) is 67.8 cm³/mol. The summed E-state index contributed by atoms with van der Waals surface area (Å²) < 4.78 is 4.66. The lowest BCUT2D eigenvalue weighted by Gasteiger charge is -2.02. The second kappa shape index (κ2) is 5.35. The van der Waals surface area contributed by atoms with Gasteiger partial charge in [-0.3, -0.25) is 0 Å². The summed E-state index contributed by atoms with van der Waals surface area (Å²) >= 11 is 0. The lowest BCUT2D eigenvalue weighted by atomic mass is 10.1. The molecule has 0 aliphatic rings. The third-order valence-corrected chi connectivity index (χ3v) is 2.30. The van der Waals surface area contributed by atoms with Crippen LogP contribution in [0.1, 0.15) is 31.2 Å². The van der Waals surface area contributed by atoms with Crippen molar-refractivity contribution in [2.75, 3.05) is 7.11 Å². The number of rotatable bonds is 1. The van der Waals surface area contributed by atoms with E-state index in [4.69, 9.17) is 0 Å². The number of benzene rings is 1. The van der Waals surface area contributed by atoms with Gasteiger partial charge in [-0.05, 0) is 30.7 Å². The maximum absolute atomic E-state index is 11.3. The first-order valence-corrected chi connectivity index (χ1v) is 5.38. The first kappa shape index (κ1) is 12.3. The SMILES string of the molecule is CC.COC(=O)c1cc(C)c2cc[nH]c2c1.[HH]. The maximum Gasteiger partial charge on any atom is 0.337 e. The van der Waals surface area contributed by atoms with Crippen molar-refractivity contribution in [2.45, 2.75) is 20.8 Å². The predicted octanol–water partition coefficient (Wildman–Crippen LogP) is 3.54. The molecule has 0 unspecified atom stereocenters. The number of carbonyl (C=O) groups excluding carboxylic acids is 1. The molecular weight excluding hydrogens is 202 g/mol. The van der Waals surface area contributed by atoms with E-state index in [1.807, 2.05) is 39.1 Å². The highest BCUT2D eigenvalue weighted by molar-refractivity contribution is 5.95. The zero-order chi connectivity index (χ0) is 12.1. The first-order chi connectivity index (χ1) is 7.72. The van der Waals surface area contributed by atoms with Gasteiger partial charge >= 0.3 is 5.97 Å². The van der Waals surface area contributed by atoms with Gasteiger partial charge in [-0.2, -0.15) is 0 Å². The van der Waals surface area contributed by atoms with Gasteiger partial charge < -0.3 is 9.72 Å². The van der Waals surface area contributed by atoms with Crippen LogP contribution < -0.4 is 0 Å². The summed E-state index contributed by atoms with van der Waals surface area (Å²) in [5, 5.41) is 1.14. The lowest BCUT2D eigenvalue weighted by Crippen LogP contribution is -2.01. The fourth-order valence-corrected chi connectivity index (χ4v) is 1.59. The Bertz CT molecular complexity index is 491. The second-order valence-corrected chi connectivity index (χ2v) is 3.22. The number of fused-ring (bicyclic) bond motifs is 1. The van der Waals surface area contributed by atoms with Crippen molar-refractivity contribution >= 4 is 16.9 Å². The summed E-state index contributed by atoms with van der Waals surface area (Å²) in [6, 6.07) is 5.63. The Labute approximate surface area is 96.9 Å². The zero-order valence-electron chi connectivity index (χ0n) is 10.1. The molecule has 0 spiro atoms. The van der Waals surface area contributed by atoms with Gasteiger partial charge in [0.2, 0.25) is 0 Å². The van der Waals surface area contributed by atoms with E-state index >= 15 is 0 Å². The van der Waals surface area contributed by atoms with Crippen LogP contribution in [0.3, 0.4) is 0 Å². The molecule has 3 heteroatoms. The molecule has 2 aromatic rings. The highest BCUT2D eigenvalue weighted by Gasteiger charge is 2.08. The van der Waals surface area contributed by atoms with Crippen LogP contribution in [0.15, 0.2) is 24.4 Å². The third-order valence-electron chi connectivity index (χ3n) is 2.30. The molecule has 1 heterocycles. The highest BCUT2D eigenvalue weighted by Crippen LogP contribution is 2.19. The molecule has 0 saturated carbocycles. The normalized spacial score (nSPS) is 9.50. The Kier molecular flexibility index (Phi) is 4.11. The highest BCUT2D eigenvalue weighted by atomic mass is 16.5. The first-order valence-electron chi connectivity index (χ1n) is 5.38. The van der Waals surface area contributed by atoms with Gasteiger partial charge in [0.15, 0.2) is 0 Å². The number of hydrogen-bond acceptors (Lipinski definition) is 2. The molecule has 88 valence electrons. The van der Waals surface area contributed by atoms with Crippen LogP contribution in [-0.4, -0.2) is 18.1 Å². The van der Waals surface area contributed by atoms with E-state index in [2.05, 4.69) is 9.72 Å². The molecule has 0 radical (unpaired) electrons. The summed E-state index contributed by atoms with van der Waals surface area (Å²) in [6.45, 7) is 5.97. The smallest absolute Gasteiger partial charge is 0.337 e. The van der Waals surface area contributed by atoms with Gasteiger partial charge in [-0.15, -0.1) is 0 Å². The molecule has 0 amide bonds. The standard InChI is InChI=1S/C11H11NO2.C2H6.H2/c1-7-5-8(11(13)14-2)6-10-9(7)3-4-12-10;1-2;/h3-6,12H,1-2H3;1-2H3;1H. The van der Waals surface area contributed by atoms with Crippen molar-refractivity contribution in [1.29, 1.82) is 0 Å². The minimum Gasteiger partial charge on any atom is -0.465 e. The number of hydrogen-bond donors (Lipinski definition) is 1. The number of carbonyl (C=O) groups is 1. The van der Waals surface area contributed by atoms with Gasteiger partial charge in [0, 0.05) is 18.5 Å². The van der Waals surface area contributed by atoms with Crippen molar-refractivity contribution < 1.29 is 11.0 Å². The topological polar surface area (TPSA) is 42.1 Å². The second-order valence-electron chi connectivity index (χ2n) is 3.22. The summed E-state index contributed by atoms with van der Waals surface area (Å²) in [4.78, 5) is 14.4. The fraction of sp³-hybridized carbons (Fsp3) is 0.308. The molecule has 1 aromatic heterocycles. The number of H-pyrrole nitrogens is 1. The number of aromatic amines is 1. The monoisotopic (exact) mass is 221 g/mol. The molecule has 0 saturated heterocycles. The van der Waals surface area contributed by atoms with Gasteiger partial charge in [0.1, 0.15) is 0 Å². The average molecular weight is 221 g/mol. The average Bonchev–Trinajstić information content (AvgIpc) is 2.79. The lowest BCUT2D eigenvalue weighted by molar-refractivity contribution is 0.0601. The Hall–Kier alpha value is -1.77. The largest absolute Gasteiger partial charge is 0.465 e. The van der Waals surface area contributed by atoms with Crippen LogP contribution in [0.2, 0.25) is 0 Å². The molecule has 0 fully saturated rings. The van der Waals surface area contributed by atoms with E-state index in [0.29, 0.717) is 5.56 Å². The van der Waals surface area contributed by atoms with Gasteiger partial charge in [0.25, 0.3) is 0 Å². The summed E-state index contributed by atoms with van der Waals surface area (Å²) in [6.07, 6.45) is 1.86. The molecular formula is C13H19NO2. The quantitative estimate of drug-likeness (QED) is 0.748. The Balaban J connectivity index is 0.000000811. The van der Waals surface area contributed by atoms with Gasteiger partial charge in [-0.1, -0.05) is 13.8 Å². The minimum atomic E-state index is -0.301. The Morgan fingerprint density at radius 3 is 2.69 bits per heavy atom. The van der Waals surface area contributed by atoms with Crippen LogP contribution in [0.4, 0.5) is 0 Å². The number of aryl methyl sites for hydroxylation is 1. The van der Waals surface area contributed by atoms with E-state index in [9.17, 15) is 4.79 Å². The summed E-state index contributed by atoms with van der Waals surface area (Å²) in [7, 11) is 1.39. The van der Waals surface area contributed by atoms with E-state index in [0.717, 1.165) is 16.5 Å². The van der Waals surface area contributed by atoms with Gasteiger partial charge in [0.05, 0.1) is 12.7 Å². The number of ether oxygens (including phenoxy) is 1. The van der Waals surface area contributed by atoms with Crippen LogP contribution in [0, 0.1) is 6.92 Å². The fourth-order valence-electron chi connectivity index (χ4n) is 1.59. The van der Waals surface area contributed by atoms with Crippen LogP contribution in [0.25, 0.3) is 10.9 Å². The number of aromatic nitrogens is 1. The molecule has 16 heavy (non-hydrogen) atoms. The molecule has 0 bridgehead atoms. The molecule has 0 aliphatic heterocycles. The van der Waals surface area contributed by atoms with Crippen LogP contribution in [0.5, 0.6) is 0 Å². The van der Waals surface area contributed by atoms with Crippen molar-refractivity contribution in [2.24, 2.45) is 0 Å². The molecule has 3 nitrogen and oxygen atoms in total. The Morgan fingerprint density at radius 2 is 2.06 bits per heavy atom. The number of methoxy groups -OCH3 is 1. The van der Waals surface area contributed by atoms with E-state index < -0.39 is 0 Å². The van der Waals surface area contributed by atoms with Crippen molar-refractivity contribution in [1.82, 2.24) is 4.98 Å². The van der Waals surface area contributed by atoms with Gasteiger partial charge in [-0.25, -0.2) is 4.79 Å². The minimum absolute atomic E-state index is 0. The number of esters is 1. The number of nitrogens with one attached hydrogen (secondary N) is 1. The van der Waals surface area contributed by atoms with Crippen LogP contribution in [-0.2, 0) is 4.74 Å². The zero-order valence-corrected chi connectivity index (χ0v) is 10.1. The van der Waals surface area contributed by atoms with E-state index in [-0.39, 0.29) is 7.40 Å². The van der Waals surface area contributed by atoms with Crippen LogP contribution >= 0.6 is 0 Å².